The summed E-state index contributed by atoms with van der Waals surface area (Å²) in [4.78, 5) is 20.3. The van der Waals surface area contributed by atoms with Gasteiger partial charge in [0.1, 0.15) is 11.6 Å². The number of alkyl halides is 3. The van der Waals surface area contributed by atoms with Gasteiger partial charge in [-0.25, -0.2) is 0 Å². The first-order valence-corrected chi connectivity index (χ1v) is 8.78. The number of aromatic nitrogens is 2. The molecule has 1 heterocycles. The minimum Gasteiger partial charge on any atom is -0.424 e. The standard InChI is InChI=1S/C16H17F3N4O2S/c1-23(2)13-8-12(16(17,18)19)21-15(22-13)25-11-6-4-10(5-7-11)20-14(24)9-26-3/h4-8H,9H2,1-3H3,(H,20,24). The van der Waals surface area contributed by atoms with Crippen LogP contribution in [0, 0.1) is 0 Å². The lowest BCUT2D eigenvalue weighted by molar-refractivity contribution is -0.141. The minimum absolute atomic E-state index is 0.0725. The van der Waals surface area contributed by atoms with Crippen LogP contribution in [0.4, 0.5) is 24.7 Å². The Kier molecular flexibility index (Phi) is 6.30. The van der Waals surface area contributed by atoms with Gasteiger partial charge in [0.25, 0.3) is 0 Å². The summed E-state index contributed by atoms with van der Waals surface area (Å²) in [5, 5.41) is 2.68. The number of ether oxygens (including phenoxy) is 1. The third-order valence-electron chi connectivity index (χ3n) is 3.06. The number of anilines is 2. The summed E-state index contributed by atoms with van der Waals surface area (Å²) in [7, 11) is 3.14. The second-order valence-electron chi connectivity index (χ2n) is 5.39. The molecule has 0 saturated heterocycles. The van der Waals surface area contributed by atoms with E-state index in [2.05, 4.69) is 15.3 Å². The third kappa shape index (κ3) is 5.51. The molecule has 1 amide bonds. The number of rotatable bonds is 6. The second-order valence-corrected chi connectivity index (χ2v) is 6.26. The fourth-order valence-corrected chi connectivity index (χ4v) is 2.21. The van der Waals surface area contributed by atoms with Gasteiger partial charge in [0, 0.05) is 25.8 Å². The Labute approximate surface area is 152 Å². The van der Waals surface area contributed by atoms with Crippen molar-refractivity contribution in [2.75, 3.05) is 36.3 Å². The van der Waals surface area contributed by atoms with Gasteiger partial charge in [0.05, 0.1) is 5.75 Å². The molecule has 0 spiro atoms. The van der Waals surface area contributed by atoms with Crippen molar-refractivity contribution in [1.29, 1.82) is 0 Å². The van der Waals surface area contributed by atoms with Crippen LogP contribution >= 0.6 is 11.8 Å². The maximum Gasteiger partial charge on any atom is 0.433 e. The lowest BCUT2D eigenvalue weighted by atomic mass is 10.3. The van der Waals surface area contributed by atoms with Crippen molar-refractivity contribution < 1.29 is 22.7 Å². The van der Waals surface area contributed by atoms with Gasteiger partial charge in [-0.3, -0.25) is 4.79 Å². The number of halogens is 3. The Bertz CT molecular complexity index is 767. The molecular weight excluding hydrogens is 369 g/mol. The maximum absolute atomic E-state index is 13.0. The molecule has 0 aliphatic carbocycles. The highest BCUT2D eigenvalue weighted by atomic mass is 32.2. The van der Waals surface area contributed by atoms with E-state index in [1.165, 1.54) is 28.8 Å². The van der Waals surface area contributed by atoms with Crippen LogP contribution in [-0.4, -0.2) is 42.0 Å². The molecule has 1 aromatic heterocycles. The molecule has 0 saturated carbocycles. The second kappa shape index (κ2) is 8.26. The van der Waals surface area contributed by atoms with Gasteiger partial charge < -0.3 is 15.0 Å². The van der Waals surface area contributed by atoms with Crippen molar-refractivity contribution in [3.8, 4) is 11.8 Å². The van der Waals surface area contributed by atoms with Crippen LogP contribution in [0.15, 0.2) is 30.3 Å². The quantitative estimate of drug-likeness (QED) is 0.817. The Balaban J connectivity index is 2.19. The van der Waals surface area contributed by atoms with Crippen molar-refractivity contribution >= 4 is 29.2 Å². The van der Waals surface area contributed by atoms with Gasteiger partial charge in [0.2, 0.25) is 5.91 Å². The Morgan fingerprint density at radius 1 is 1.23 bits per heavy atom. The Morgan fingerprint density at radius 2 is 1.88 bits per heavy atom. The molecule has 10 heteroatoms. The van der Waals surface area contributed by atoms with Crippen LogP contribution in [0.1, 0.15) is 5.69 Å². The van der Waals surface area contributed by atoms with Crippen LogP contribution in [0.25, 0.3) is 0 Å². The average molecular weight is 386 g/mol. The summed E-state index contributed by atoms with van der Waals surface area (Å²) < 4.78 is 44.3. The molecule has 0 unspecified atom stereocenters. The zero-order valence-corrected chi connectivity index (χ0v) is 15.1. The lowest BCUT2D eigenvalue weighted by Gasteiger charge is -2.15. The summed E-state index contributed by atoms with van der Waals surface area (Å²) in [6.07, 6.45) is -2.80. The van der Waals surface area contributed by atoms with Crippen LogP contribution in [0.2, 0.25) is 0 Å². The van der Waals surface area contributed by atoms with Crippen LogP contribution in [-0.2, 0) is 11.0 Å². The molecule has 0 bridgehead atoms. The van der Waals surface area contributed by atoms with Gasteiger partial charge in [-0.2, -0.15) is 34.9 Å². The first kappa shape index (κ1) is 19.8. The summed E-state index contributed by atoms with van der Waals surface area (Å²) in [5.41, 5.74) is -0.539. The van der Waals surface area contributed by atoms with Crippen LogP contribution < -0.4 is 15.0 Å². The Morgan fingerprint density at radius 3 is 2.42 bits per heavy atom. The number of thioether (sulfide) groups is 1. The minimum atomic E-state index is -4.61. The van der Waals surface area contributed by atoms with Crippen LogP contribution in [0.3, 0.4) is 0 Å². The van der Waals surface area contributed by atoms with E-state index in [9.17, 15) is 18.0 Å². The summed E-state index contributed by atoms with van der Waals surface area (Å²) in [6.45, 7) is 0. The fraction of sp³-hybridized carbons (Fsp3) is 0.312. The van der Waals surface area contributed by atoms with Crippen molar-refractivity contribution in [3.63, 3.8) is 0 Å². The van der Waals surface area contributed by atoms with Gasteiger partial charge >= 0.3 is 12.2 Å². The predicted molar refractivity (Wildman–Crippen MR) is 94.9 cm³/mol. The van der Waals surface area contributed by atoms with E-state index in [1.54, 1.807) is 26.2 Å². The molecule has 1 aromatic carbocycles. The van der Waals surface area contributed by atoms with E-state index in [4.69, 9.17) is 4.74 Å². The maximum atomic E-state index is 13.0. The zero-order chi connectivity index (χ0) is 19.3. The smallest absolute Gasteiger partial charge is 0.424 e. The molecule has 6 nitrogen and oxygen atoms in total. The van der Waals surface area contributed by atoms with Gasteiger partial charge in [-0.05, 0) is 30.5 Å². The third-order valence-corrected chi connectivity index (χ3v) is 3.61. The first-order valence-electron chi connectivity index (χ1n) is 7.39. The van der Waals surface area contributed by atoms with Gasteiger partial charge in [-0.15, -0.1) is 0 Å². The molecule has 0 aliphatic heterocycles. The van der Waals surface area contributed by atoms with Crippen molar-refractivity contribution in [2.24, 2.45) is 0 Å². The Hall–Kier alpha value is -2.49. The van der Waals surface area contributed by atoms with Gasteiger partial charge in [-0.1, -0.05) is 0 Å². The molecule has 2 rings (SSSR count). The number of amides is 1. The van der Waals surface area contributed by atoms with Crippen LogP contribution in [0.5, 0.6) is 11.8 Å². The highest BCUT2D eigenvalue weighted by molar-refractivity contribution is 7.99. The molecule has 140 valence electrons. The number of carbonyl (C=O) groups is 1. The molecule has 0 atom stereocenters. The fourth-order valence-electron chi connectivity index (χ4n) is 1.87. The molecule has 26 heavy (non-hydrogen) atoms. The number of hydrogen-bond acceptors (Lipinski definition) is 6. The van der Waals surface area contributed by atoms with E-state index >= 15 is 0 Å². The number of hydrogen-bond donors (Lipinski definition) is 1. The van der Waals surface area contributed by atoms with E-state index in [0.29, 0.717) is 11.4 Å². The average Bonchev–Trinajstić information content (AvgIpc) is 2.56. The normalized spacial score (nSPS) is 11.2. The number of nitrogens with zero attached hydrogens (tertiary/aromatic N) is 3. The number of benzene rings is 1. The molecule has 0 fully saturated rings. The molecule has 0 radical (unpaired) electrons. The lowest BCUT2D eigenvalue weighted by Crippen LogP contribution is -2.16. The molecule has 0 aliphatic rings. The van der Waals surface area contributed by atoms with E-state index in [-0.39, 0.29) is 17.5 Å². The largest absolute Gasteiger partial charge is 0.433 e. The molecule has 1 N–H and O–H groups in total. The highest BCUT2D eigenvalue weighted by Gasteiger charge is 2.34. The number of carbonyl (C=O) groups excluding carboxylic acids is 1. The molecular formula is C16H17F3N4O2S. The van der Waals surface area contributed by atoms with Crippen molar-refractivity contribution in [3.05, 3.63) is 36.0 Å². The summed E-state index contributed by atoms with van der Waals surface area (Å²) in [5.74, 6) is 0.493. The number of nitrogens with one attached hydrogen (secondary N) is 1. The van der Waals surface area contributed by atoms with E-state index in [0.717, 1.165) is 6.07 Å². The SMILES string of the molecule is CSCC(=O)Nc1ccc(Oc2nc(N(C)C)cc(C(F)(F)F)n2)cc1. The predicted octanol–water partition coefficient (Wildman–Crippen LogP) is 3.66. The van der Waals surface area contributed by atoms with Gasteiger partial charge in [0.15, 0.2) is 5.69 Å². The zero-order valence-electron chi connectivity index (χ0n) is 14.3. The monoisotopic (exact) mass is 386 g/mol. The highest BCUT2D eigenvalue weighted by Crippen LogP contribution is 2.31. The summed E-state index contributed by atoms with van der Waals surface area (Å²) in [6, 6.07) is 6.60. The molecule has 2 aromatic rings. The summed E-state index contributed by atoms with van der Waals surface area (Å²) >= 11 is 1.39. The van der Waals surface area contributed by atoms with Crippen molar-refractivity contribution in [1.82, 2.24) is 9.97 Å². The first-order chi connectivity index (χ1) is 12.2. The van der Waals surface area contributed by atoms with E-state index in [1.807, 2.05) is 6.26 Å². The van der Waals surface area contributed by atoms with E-state index < -0.39 is 17.9 Å². The topological polar surface area (TPSA) is 67.3 Å². The van der Waals surface area contributed by atoms with Crippen molar-refractivity contribution in [2.45, 2.75) is 6.18 Å².